The molecule has 2 aromatic carbocycles. The lowest BCUT2D eigenvalue weighted by molar-refractivity contribution is -0.145. The lowest BCUT2D eigenvalue weighted by Crippen LogP contribution is -2.47. The number of carboxylic acids is 1. The molecular weight excluding hydrogens is 464 g/mol. The van der Waals surface area contributed by atoms with Crippen molar-refractivity contribution in [2.45, 2.75) is 25.8 Å². The van der Waals surface area contributed by atoms with Crippen LogP contribution in [0.25, 0.3) is 10.2 Å². The molecule has 2 amide bonds. The van der Waals surface area contributed by atoms with Gasteiger partial charge in [0.05, 0.1) is 28.6 Å². The fourth-order valence-corrected chi connectivity index (χ4v) is 5.96. The van der Waals surface area contributed by atoms with Crippen LogP contribution in [-0.2, 0) is 29.0 Å². The Labute approximate surface area is 207 Å². The zero-order chi connectivity index (χ0) is 24.6. The third-order valence-corrected chi connectivity index (χ3v) is 8.05. The van der Waals surface area contributed by atoms with Gasteiger partial charge in [-0.3, -0.25) is 14.4 Å². The first kappa shape index (κ1) is 23.4. The number of aliphatic carboxylic acids is 1. The Morgan fingerprint density at radius 2 is 1.74 bits per heavy atom. The number of carbonyl (C=O) groups excluding carboxylic acids is 2. The van der Waals surface area contributed by atoms with Gasteiger partial charge < -0.3 is 20.2 Å². The Morgan fingerprint density at radius 3 is 2.40 bits per heavy atom. The molecule has 1 fully saturated rings. The van der Waals surface area contributed by atoms with Crippen molar-refractivity contribution in [3.05, 3.63) is 64.2 Å². The predicted molar refractivity (Wildman–Crippen MR) is 133 cm³/mol. The van der Waals surface area contributed by atoms with Crippen molar-refractivity contribution in [3.63, 3.8) is 0 Å². The Hall–Kier alpha value is -3.30. The zero-order valence-corrected chi connectivity index (χ0v) is 20.4. The van der Waals surface area contributed by atoms with E-state index in [0.717, 1.165) is 39.4 Å². The highest BCUT2D eigenvalue weighted by Crippen LogP contribution is 2.40. The molecule has 9 heteroatoms. The smallest absolute Gasteiger partial charge is 0.304 e. The average Bonchev–Trinajstić information content (AvgIpc) is 3.42. The van der Waals surface area contributed by atoms with Gasteiger partial charge in [-0.15, -0.1) is 11.3 Å². The van der Waals surface area contributed by atoms with Gasteiger partial charge >= 0.3 is 5.97 Å². The van der Waals surface area contributed by atoms with Crippen LogP contribution in [0.15, 0.2) is 42.5 Å². The second kappa shape index (κ2) is 9.39. The number of thiazole rings is 1. The predicted octanol–water partition coefficient (Wildman–Crippen LogP) is 2.56. The van der Waals surface area contributed by atoms with Crippen LogP contribution in [0.3, 0.4) is 0 Å². The summed E-state index contributed by atoms with van der Waals surface area (Å²) in [6.45, 7) is 3.37. The number of nitrogens with one attached hydrogen (secondary N) is 1. The molecule has 35 heavy (non-hydrogen) atoms. The number of carbonyl (C=O) groups is 3. The summed E-state index contributed by atoms with van der Waals surface area (Å²) >= 11 is 1.46. The number of nitrogens with zero attached hydrogens (tertiary/aromatic N) is 3. The van der Waals surface area contributed by atoms with Crippen molar-refractivity contribution >= 4 is 39.3 Å². The average molecular weight is 493 g/mol. The van der Waals surface area contributed by atoms with Crippen molar-refractivity contribution in [2.75, 3.05) is 33.2 Å². The van der Waals surface area contributed by atoms with E-state index in [1.165, 1.54) is 11.3 Å². The van der Waals surface area contributed by atoms with E-state index in [4.69, 9.17) is 0 Å². The van der Waals surface area contributed by atoms with Gasteiger partial charge in [-0.05, 0) is 49.2 Å². The van der Waals surface area contributed by atoms with Crippen molar-refractivity contribution in [1.82, 2.24) is 20.1 Å². The lowest BCUT2D eigenvalue weighted by Gasteiger charge is -2.32. The molecule has 0 bridgehead atoms. The van der Waals surface area contributed by atoms with Crippen LogP contribution in [0.2, 0.25) is 0 Å². The van der Waals surface area contributed by atoms with Crippen molar-refractivity contribution in [3.8, 4) is 0 Å². The fourth-order valence-electron chi connectivity index (χ4n) is 5.07. The molecule has 8 nitrogen and oxygen atoms in total. The minimum atomic E-state index is -0.992. The molecule has 2 aliphatic rings. The number of aromatic nitrogens is 1. The molecule has 182 valence electrons. The van der Waals surface area contributed by atoms with Crippen molar-refractivity contribution < 1.29 is 19.5 Å². The molecule has 5 rings (SSSR count). The first-order chi connectivity index (χ1) is 16.8. The summed E-state index contributed by atoms with van der Waals surface area (Å²) in [5.74, 6) is -1.23. The number of piperazine rings is 1. The molecule has 0 saturated carbocycles. The molecule has 2 heterocycles. The summed E-state index contributed by atoms with van der Waals surface area (Å²) in [6.07, 6.45) is 0.614. The molecule has 1 aromatic heterocycles. The van der Waals surface area contributed by atoms with Crippen LogP contribution in [0.5, 0.6) is 0 Å². The molecule has 3 aromatic rings. The number of benzene rings is 2. The van der Waals surface area contributed by atoms with Crippen molar-refractivity contribution in [1.29, 1.82) is 0 Å². The molecular formula is C26H28N4O4S. The fraction of sp³-hybridized carbons (Fsp3) is 0.385. The summed E-state index contributed by atoms with van der Waals surface area (Å²) in [4.78, 5) is 46.5. The highest BCUT2D eigenvalue weighted by molar-refractivity contribution is 7.18. The third-order valence-electron chi connectivity index (χ3n) is 7.02. The van der Waals surface area contributed by atoms with Crippen molar-refractivity contribution in [2.24, 2.45) is 5.41 Å². The topological polar surface area (TPSA) is 103 Å². The number of amides is 2. The maximum atomic E-state index is 13.3. The quantitative estimate of drug-likeness (QED) is 0.548. The van der Waals surface area contributed by atoms with E-state index in [1.807, 2.05) is 47.4 Å². The molecule has 0 unspecified atom stereocenters. The van der Waals surface area contributed by atoms with E-state index in [2.05, 4.69) is 22.2 Å². The second-order valence-corrected chi connectivity index (χ2v) is 10.7. The van der Waals surface area contributed by atoms with Crippen LogP contribution in [0.4, 0.5) is 0 Å². The number of rotatable bonds is 6. The van der Waals surface area contributed by atoms with E-state index < -0.39 is 11.4 Å². The summed E-state index contributed by atoms with van der Waals surface area (Å²) in [6, 6.07) is 13.3. The van der Waals surface area contributed by atoms with Gasteiger partial charge in [0.2, 0.25) is 5.91 Å². The van der Waals surface area contributed by atoms with Gasteiger partial charge in [-0.25, -0.2) is 4.98 Å². The van der Waals surface area contributed by atoms with Crippen LogP contribution in [0.1, 0.15) is 32.9 Å². The summed E-state index contributed by atoms with van der Waals surface area (Å²) in [7, 11) is 2.05. The van der Waals surface area contributed by atoms with Crippen LogP contribution in [0, 0.1) is 5.41 Å². The Morgan fingerprint density at radius 1 is 1.06 bits per heavy atom. The summed E-state index contributed by atoms with van der Waals surface area (Å²) in [5, 5.41) is 13.2. The van der Waals surface area contributed by atoms with E-state index in [-0.39, 0.29) is 24.8 Å². The zero-order valence-electron chi connectivity index (χ0n) is 19.6. The maximum absolute atomic E-state index is 13.3. The summed E-state index contributed by atoms with van der Waals surface area (Å²) in [5.41, 5.74) is 2.41. The molecule has 0 radical (unpaired) electrons. The second-order valence-electron chi connectivity index (χ2n) is 9.54. The number of likely N-dealkylation sites (N-methyl/N-ethyl adjacent to an activating group) is 1. The molecule has 0 spiro atoms. The monoisotopic (exact) mass is 492 g/mol. The normalized spacial score (nSPS) is 17.3. The van der Waals surface area contributed by atoms with Crippen LogP contribution < -0.4 is 5.32 Å². The van der Waals surface area contributed by atoms with Gasteiger partial charge in [0.15, 0.2) is 0 Å². The first-order valence-corrected chi connectivity index (χ1v) is 12.6. The van der Waals surface area contributed by atoms with E-state index >= 15 is 0 Å². The lowest BCUT2D eigenvalue weighted by atomic mass is 9.80. The SMILES string of the molecule is CN1CCN(C(=O)c2ccc3sc(CNC(=O)C4(CC(=O)O)Cc5ccccc5C4)nc3c2)CC1. The molecule has 0 atom stereocenters. The minimum Gasteiger partial charge on any atom is -0.481 e. The molecule has 1 saturated heterocycles. The highest BCUT2D eigenvalue weighted by Gasteiger charge is 2.45. The molecule has 1 aliphatic heterocycles. The van der Waals surface area contributed by atoms with Gasteiger partial charge in [0.25, 0.3) is 5.91 Å². The van der Waals surface area contributed by atoms with E-state index in [1.54, 1.807) is 0 Å². The highest BCUT2D eigenvalue weighted by atomic mass is 32.1. The van der Waals surface area contributed by atoms with Gasteiger partial charge in [0.1, 0.15) is 5.01 Å². The number of hydrogen-bond acceptors (Lipinski definition) is 6. The molecule has 1 aliphatic carbocycles. The Kier molecular flexibility index (Phi) is 6.29. The Balaban J connectivity index is 1.28. The van der Waals surface area contributed by atoms with Gasteiger partial charge in [0, 0.05) is 31.7 Å². The standard InChI is InChI=1S/C26H28N4O4S/c1-29-8-10-30(11-9-29)24(33)17-6-7-21-20(12-17)28-22(35-21)16-27-25(34)26(15-23(31)32)13-18-4-2-3-5-19(18)14-26/h2-7,12H,8-11,13-16H2,1H3,(H,27,34)(H,31,32). The Bertz CT molecular complexity index is 1270. The third kappa shape index (κ3) is 4.78. The first-order valence-electron chi connectivity index (χ1n) is 11.8. The molecule has 2 N–H and O–H groups in total. The van der Waals surface area contributed by atoms with Gasteiger partial charge in [-0.2, -0.15) is 0 Å². The minimum absolute atomic E-state index is 0.0132. The largest absolute Gasteiger partial charge is 0.481 e. The maximum Gasteiger partial charge on any atom is 0.304 e. The van der Waals surface area contributed by atoms with Gasteiger partial charge in [-0.1, -0.05) is 24.3 Å². The summed E-state index contributed by atoms with van der Waals surface area (Å²) < 4.78 is 0.942. The van der Waals surface area contributed by atoms with Crippen LogP contribution >= 0.6 is 11.3 Å². The number of fused-ring (bicyclic) bond motifs is 2. The number of carboxylic acid groups (broad SMARTS) is 1. The van der Waals surface area contributed by atoms with E-state index in [9.17, 15) is 19.5 Å². The number of hydrogen-bond donors (Lipinski definition) is 2. The van der Waals surface area contributed by atoms with E-state index in [0.29, 0.717) is 31.5 Å². The van der Waals surface area contributed by atoms with Crippen LogP contribution in [-0.4, -0.2) is 70.9 Å².